The molecule has 0 radical (unpaired) electrons. The summed E-state index contributed by atoms with van der Waals surface area (Å²) in [6, 6.07) is 1.52. The van der Waals surface area contributed by atoms with Crippen LogP contribution in [0.5, 0.6) is 0 Å². The molecule has 3 rings (SSSR count). The summed E-state index contributed by atoms with van der Waals surface area (Å²) >= 11 is 0. The number of anilines is 1. The van der Waals surface area contributed by atoms with Gasteiger partial charge in [-0.25, -0.2) is 0 Å². The average Bonchev–Trinajstić information content (AvgIpc) is 3.00. The van der Waals surface area contributed by atoms with Crippen LogP contribution in [0, 0.1) is 0 Å². The van der Waals surface area contributed by atoms with Gasteiger partial charge in [-0.05, 0) is 18.8 Å². The Morgan fingerprint density at radius 3 is 2.70 bits per heavy atom. The first-order chi connectivity index (χ1) is 9.56. The zero-order valence-corrected chi connectivity index (χ0v) is 11.2. The summed E-state index contributed by atoms with van der Waals surface area (Å²) in [5.74, 6) is -0.0291. The molecule has 2 aromatic heterocycles. The van der Waals surface area contributed by atoms with E-state index in [1.54, 1.807) is 0 Å². The molecule has 0 atom stereocenters. The summed E-state index contributed by atoms with van der Waals surface area (Å²) < 4.78 is 1.13. The molecule has 1 aliphatic rings. The Morgan fingerprint density at radius 2 is 2.05 bits per heavy atom. The van der Waals surface area contributed by atoms with Crippen molar-refractivity contribution in [3.8, 4) is 0 Å². The van der Waals surface area contributed by atoms with Crippen LogP contribution in [-0.2, 0) is 4.79 Å². The zero-order chi connectivity index (χ0) is 14.3. The van der Waals surface area contributed by atoms with E-state index in [1.165, 1.54) is 13.0 Å². The largest absolute Gasteiger partial charge is 0.341 e. The van der Waals surface area contributed by atoms with Crippen molar-refractivity contribution in [2.75, 3.05) is 5.32 Å². The lowest BCUT2D eigenvalue weighted by Gasteiger charge is -2.10. The molecule has 1 saturated carbocycles. The number of nitrogens with one attached hydrogen (secondary N) is 3. The maximum atomic E-state index is 12.1. The predicted molar refractivity (Wildman–Crippen MR) is 74.2 cm³/mol. The molecule has 20 heavy (non-hydrogen) atoms. The Kier molecular flexibility index (Phi) is 2.96. The van der Waals surface area contributed by atoms with Gasteiger partial charge >= 0.3 is 0 Å². The fraction of sp³-hybridized carbons (Fsp3) is 0.462. The summed E-state index contributed by atoms with van der Waals surface area (Å²) in [6.45, 7) is 1.32. The van der Waals surface area contributed by atoms with Crippen LogP contribution in [0.2, 0.25) is 0 Å². The number of rotatable bonds is 2. The highest BCUT2D eigenvalue weighted by molar-refractivity contribution is 5.92. The van der Waals surface area contributed by atoms with E-state index in [1.807, 2.05) is 0 Å². The summed E-state index contributed by atoms with van der Waals surface area (Å²) in [7, 11) is 0. The molecular weight excluding hydrogens is 260 g/mol. The Bertz CT molecular complexity index is 777. The Balaban J connectivity index is 2.19. The highest BCUT2D eigenvalue weighted by Crippen LogP contribution is 2.32. The second-order valence-electron chi connectivity index (χ2n) is 5.23. The number of carbonyl (C=O) groups is 1. The molecule has 1 fully saturated rings. The van der Waals surface area contributed by atoms with Gasteiger partial charge < -0.3 is 10.3 Å². The molecule has 0 aromatic carbocycles. The van der Waals surface area contributed by atoms with Crippen molar-refractivity contribution >= 4 is 17.2 Å². The Morgan fingerprint density at radius 1 is 1.35 bits per heavy atom. The Hall–Kier alpha value is -2.31. The fourth-order valence-corrected chi connectivity index (χ4v) is 2.84. The van der Waals surface area contributed by atoms with Crippen LogP contribution in [0.1, 0.15) is 44.2 Å². The lowest BCUT2D eigenvalue weighted by molar-refractivity contribution is -0.114. The Labute approximate surface area is 114 Å². The number of fused-ring (bicyclic) bond motifs is 1. The molecule has 106 valence electrons. The van der Waals surface area contributed by atoms with E-state index < -0.39 is 5.56 Å². The molecule has 2 heterocycles. The molecule has 0 saturated heterocycles. The third-order valence-electron chi connectivity index (χ3n) is 3.76. The minimum absolute atomic E-state index is 0.0921. The van der Waals surface area contributed by atoms with Crippen LogP contribution in [0.3, 0.4) is 0 Å². The standard InChI is InChI=1S/C13H16N4O3/c1-7(18)14-11-12-15-9(8-4-2-3-5-8)6-10(19)17(12)16-13(11)20/h6,8,15H,2-5H2,1H3,(H,14,18)(H,16,20). The first kappa shape index (κ1) is 12.7. The summed E-state index contributed by atoms with van der Waals surface area (Å²) in [5, 5.41) is 4.89. The maximum absolute atomic E-state index is 12.1. The van der Waals surface area contributed by atoms with E-state index in [0.717, 1.165) is 35.9 Å². The molecule has 0 aliphatic heterocycles. The van der Waals surface area contributed by atoms with Crippen molar-refractivity contribution in [2.24, 2.45) is 0 Å². The summed E-state index contributed by atoms with van der Waals surface area (Å²) in [4.78, 5) is 38.2. The predicted octanol–water partition coefficient (Wildman–Crippen LogP) is 0.932. The number of carbonyl (C=O) groups excluding carboxylic acids is 1. The van der Waals surface area contributed by atoms with Gasteiger partial charge in [-0.1, -0.05) is 12.8 Å². The highest BCUT2D eigenvalue weighted by atomic mass is 16.2. The number of nitrogens with zero attached hydrogens (tertiary/aromatic N) is 1. The normalized spacial score (nSPS) is 15.8. The van der Waals surface area contributed by atoms with Gasteiger partial charge in [0.25, 0.3) is 11.1 Å². The van der Waals surface area contributed by atoms with Crippen molar-refractivity contribution in [1.29, 1.82) is 0 Å². The third kappa shape index (κ3) is 2.04. The van der Waals surface area contributed by atoms with Gasteiger partial charge in [-0.3, -0.25) is 19.5 Å². The van der Waals surface area contributed by atoms with E-state index in [4.69, 9.17) is 0 Å². The highest BCUT2D eigenvalue weighted by Gasteiger charge is 2.20. The monoisotopic (exact) mass is 276 g/mol. The van der Waals surface area contributed by atoms with Crippen molar-refractivity contribution in [3.05, 3.63) is 32.5 Å². The van der Waals surface area contributed by atoms with E-state index in [-0.39, 0.29) is 17.2 Å². The number of aromatic amines is 2. The molecule has 1 amide bonds. The minimum Gasteiger partial charge on any atom is -0.341 e. The second-order valence-corrected chi connectivity index (χ2v) is 5.23. The van der Waals surface area contributed by atoms with Crippen LogP contribution in [0.4, 0.5) is 5.69 Å². The summed E-state index contributed by atoms with van der Waals surface area (Å²) in [5.41, 5.74) is 0.457. The molecule has 7 nitrogen and oxygen atoms in total. The molecule has 0 bridgehead atoms. The number of amides is 1. The maximum Gasteiger partial charge on any atom is 0.290 e. The first-order valence-electron chi connectivity index (χ1n) is 6.72. The second kappa shape index (κ2) is 4.66. The van der Waals surface area contributed by atoms with Crippen molar-refractivity contribution in [2.45, 2.75) is 38.5 Å². The fourth-order valence-electron chi connectivity index (χ4n) is 2.84. The van der Waals surface area contributed by atoms with Crippen molar-refractivity contribution in [1.82, 2.24) is 14.6 Å². The molecule has 0 unspecified atom stereocenters. The van der Waals surface area contributed by atoms with Crippen LogP contribution < -0.4 is 16.4 Å². The quantitative estimate of drug-likeness (QED) is 0.760. The molecule has 1 aliphatic carbocycles. The van der Waals surface area contributed by atoms with Crippen LogP contribution in [0.25, 0.3) is 5.65 Å². The topological polar surface area (TPSA) is 99.2 Å². The van der Waals surface area contributed by atoms with Gasteiger partial charge in [0, 0.05) is 18.7 Å². The van der Waals surface area contributed by atoms with Gasteiger partial charge in [0.15, 0.2) is 11.3 Å². The lowest BCUT2D eigenvalue weighted by atomic mass is 10.0. The number of hydrogen-bond donors (Lipinski definition) is 3. The van der Waals surface area contributed by atoms with E-state index in [0.29, 0.717) is 11.6 Å². The molecule has 2 aromatic rings. The zero-order valence-electron chi connectivity index (χ0n) is 11.2. The van der Waals surface area contributed by atoms with Gasteiger partial charge in [0.2, 0.25) is 5.91 Å². The number of H-pyrrole nitrogens is 2. The third-order valence-corrected chi connectivity index (χ3v) is 3.76. The van der Waals surface area contributed by atoms with Crippen LogP contribution >= 0.6 is 0 Å². The van der Waals surface area contributed by atoms with Crippen LogP contribution in [0.15, 0.2) is 15.7 Å². The number of aromatic nitrogens is 3. The smallest absolute Gasteiger partial charge is 0.290 e. The van der Waals surface area contributed by atoms with Crippen molar-refractivity contribution < 1.29 is 4.79 Å². The summed E-state index contributed by atoms with van der Waals surface area (Å²) in [6.07, 6.45) is 4.37. The molecule has 0 spiro atoms. The molecule has 7 heteroatoms. The van der Waals surface area contributed by atoms with Gasteiger partial charge in [0.05, 0.1) is 0 Å². The van der Waals surface area contributed by atoms with E-state index in [2.05, 4.69) is 15.4 Å². The lowest BCUT2D eigenvalue weighted by Crippen LogP contribution is -2.17. The van der Waals surface area contributed by atoms with Crippen LogP contribution in [-0.4, -0.2) is 20.5 Å². The van der Waals surface area contributed by atoms with Crippen molar-refractivity contribution in [3.63, 3.8) is 0 Å². The van der Waals surface area contributed by atoms with Gasteiger partial charge in [0.1, 0.15) is 0 Å². The molecule has 3 N–H and O–H groups in total. The SMILES string of the molecule is CC(=O)Nc1c(=O)[nH]n2c(=O)cc(C3CCCC3)[nH]c12. The van der Waals surface area contributed by atoms with E-state index >= 15 is 0 Å². The molecular formula is C13H16N4O3. The number of hydrogen-bond acceptors (Lipinski definition) is 3. The first-order valence-corrected chi connectivity index (χ1v) is 6.72. The van der Waals surface area contributed by atoms with E-state index in [9.17, 15) is 14.4 Å². The minimum atomic E-state index is -0.489. The van der Waals surface area contributed by atoms with Gasteiger partial charge in [-0.15, -0.1) is 0 Å². The average molecular weight is 276 g/mol. The van der Waals surface area contributed by atoms with Gasteiger partial charge in [-0.2, -0.15) is 4.52 Å².